The number of rotatable bonds is 10. The van der Waals surface area contributed by atoms with E-state index in [1.54, 1.807) is 62.4 Å². The molecule has 0 saturated heterocycles. The number of alkyl halides is 3. The van der Waals surface area contributed by atoms with Gasteiger partial charge in [-0.05, 0) is 44.2 Å². The first-order chi connectivity index (χ1) is 19.5. The molecular weight excluding hydrogens is 539 g/mol. The van der Waals surface area contributed by atoms with Gasteiger partial charge in [0.05, 0.1) is 18.2 Å². The number of nitrogens with zero attached hydrogens (tertiary/aromatic N) is 2. The molecular formula is C30H28F3N3O5. The van der Waals surface area contributed by atoms with Crippen LogP contribution in [0.4, 0.5) is 18.9 Å². The van der Waals surface area contributed by atoms with E-state index in [9.17, 15) is 27.6 Å². The van der Waals surface area contributed by atoms with E-state index in [-0.39, 0.29) is 29.3 Å². The Kier molecular flexibility index (Phi) is 8.65. The summed E-state index contributed by atoms with van der Waals surface area (Å²) < 4.78 is 53.4. The zero-order valence-corrected chi connectivity index (χ0v) is 22.6. The number of methoxy groups -OCH3 is 1. The second-order valence-corrected chi connectivity index (χ2v) is 9.04. The first-order valence-electron chi connectivity index (χ1n) is 12.8. The Morgan fingerprint density at radius 1 is 0.927 bits per heavy atom. The lowest BCUT2D eigenvalue weighted by Gasteiger charge is -2.17. The molecule has 0 aliphatic rings. The van der Waals surface area contributed by atoms with Gasteiger partial charge < -0.3 is 24.3 Å². The van der Waals surface area contributed by atoms with Gasteiger partial charge in [-0.25, -0.2) is 0 Å². The van der Waals surface area contributed by atoms with Gasteiger partial charge in [0.15, 0.2) is 11.5 Å². The Balaban J connectivity index is 1.62. The number of carbonyl (C=O) groups excluding carboxylic acids is 3. The fraction of sp³-hybridized carbons (Fsp3) is 0.233. The van der Waals surface area contributed by atoms with Gasteiger partial charge in [-0.15, -0.1) is 0 Å². The number of ether oxygens (including phenoxy) is 2. The lowest BCUT2D eigenvalue weighted by Crippen LogP contribution is -2.36. The molecule has 0 saturated carbocycles. The number of anilines is 1. The molecule has 41 heavy (non-hydrogen) atoms. The largest absolute Gasteiger partial charge is 0.493 e. The van der Waals surface area contributed by atoms with Crippen LogP contribution in [0.3, 0.4) is 0 Å². The van der Waals surface area contributed by atoms with Crippen molar-refractivity contribution < 1.29 is 37.0 Å². The van der Waals surface area contributed by atoms with E-state index in [1.807, 2.05) is 0 Å². The maximum absolute atomic E-state index is 13.7. The van der Waals surface area contributed by atoms with Crippen LogP contribution in [0.15, 0.2) is 72.9 Å². The number of likely N-dealkylation sites (N-methyl/N-ethyl adjacent to an activating group) is 1. The Hall–Kier alpha value is -4.80. The van der Waals surface area contributed by atoms with Gasteiger partial charge in [0, 0.05) is 41.9 Å². The summed E-state index contributed by atoms with van der Waals surface area (Å²) in [5.74, 6) is -1.66. The number of aromatic nitrogens is 1. The van der Waals surface area contributed by atoms with Crippen LogP contribution in [-0.2, 0) is 22.3 Å². The van der Waals surface area contributed by atoms with Crippen molar-refractivity contribution in [3.8, 4) is 17.2 Å². The molecule has 1 aromatic heterocycles. The number of amides is 2. The van der Waals surface area contributed by atoms with E-state index in [1.165, 1.54) is 28.8 Å². The van der Waals surface area contributed by atoms with E-state index in [4.69, 9.17) is 9.47 Å². The number of halogens is 3. The van der Waals surface area contributed by atoms with Crippen LogP contribution in [0.2, 0.25) is 0 Å². The van der Waals surface area contributed by atoms with Crippen molar-refractivity contribution in [2.45, 2.75) is 26.6 Å². The summed E-state index contributed by atoms with van der Waals surface area (Å²) in [5, 5.41) is 2.97. The van der Waals surface area contributed by atoms with E-state index in [2.05, 4.69) is 5.32 Å². The van der Waals surface area contributed by atoms with E-state index in [0.29, 0.717) is 29.7 Å². The number of hydrogen-bond donors (Lipinski definition) is 1. The van der Waals surface area contributed by atoms with Gasteiger partial charge >= 0.3 is 6.18 Å². The fourth-order valence-corrected chi connectivity index (χ4v) is 4.41. The Labute approximate surface area is 234 Å². The third-order valence-corrected chi connectivity index (χ3v) is 6.41. The van der Waals surface area contributed by atoms with Crippen LogP contribution < -0.4 is 14.8 Å². The molecule has 11 heteroatoms. The van der Waals surface area contributed by atoms with Crippen molar-refractivity contribution in [1.29, 1.82) is 0 Å². The van der Waals surface area contributed by atoms with Gasteiger partial charge in [-0.3, -0.25) is 14.4 Å². The molecule has 0 bridgehead atoms. The lowest BCUT2D eigenvalue weighted by molar-refractivity contribution is -0.137. The average molecular weight is 568 g/mol. The highest BCUT2D eigenvalue weighted by molar-refractivity contribution is 6.44. The van der Waals surface area contributed by atoms with Crippen LogP contribution in [-0.4, -0.2) is 47.3 Å². The van der Waals surface area contributed by atoms with Crippen LogP contribution in [0.1, 0.15) is 29.8 Å². The van der Waals surface area contributed by atoms with E-state index < -0.39 is 29.3 Å². The second-order valence-electron chi connectivity index (χ2n) is 9.04. The highest BCUT2D eigenvalue weighted by atomic mass is 19.4. The summed E-state index contributed by atoms with van der Waals surface area (Å²) in [6.07, 6.45) is -3.29. The summed E-state index contributed by atoms with van der Waals surface area (Å²) in [6.45, 7) is 3.93. The monoisotopic (exact) mass is 567 g/mol. The normalized spacial score (nSPS) is 11.3. The minimum Gasteiger partial charge on any atom is -0.493 e. The summed E-state index contributed by atoms with van der Waals surface area (Å²) in [4.78, 5) is 40.2. The Morgan fingerprint density at radius 2 is 1.59 bits per heavy atom. The molecule has 0 aliphatic carbocycles. The molecule has 214 valence electrons. The molecule has 0 fully saturated rings. The minimum absolute atomic E-state index is 0.136. The maximum Gasteiger partial charge on any atom is 0.416 e. The smallest absolute Gasteiger partial charge is 0.416 e. The number of hydrogen-bond acceptors (Lipinski definition) is 5. The molecule has 0 unspecified atom stereocenters. The molecule has 0 aliphatic heterocycles. The average Bonchev–Trinajstić information content (AvgIpc) is 3.31. The zero-order valence-electron chi connectivity index (χ0n) is 22.6. The number of para-hydroxylation sites is 3. The molecule has 4 rings (SSSR count). The molecule has 3 aromatic carbocycles. The highest BCUT2D eigenvalue weighted by Gasteiger charge is 2.32. The molecule has 2 amide bonds. The predicted molar refractivity (Wildman–Crippen MR) is 147 cm³/mol. The number of benzene rings is 3. The van der Waals surface area contributed by atoms with Gasteiger partial charge in [-0.2, -0.15) is 13.2 Å². The van der Waals surface area contributed by atoms with Crippen LogP contribution in [0, 0.1) is 0 Å². The summed E-state index contributed by atoms with van der Waals surface area (Å²) >= 11 is 0. The third kappa shape index (κ3) is 6.51. The lowest BCUT2D eigenvalue weighted by atomic mass is 10.1. The molecule has 4 aromatic rings. The van der Waals surface area contributed by atoms with Crippen LogP contribution in [0.5, 0.6) is 17.2 Å². The maximum atomic E-state index is 13.7. The number of carbonyl (C=O) groups is 3. The zero-order chi connectivity index (χ0) is 29.7. The molecule has 0 atom stereocenters. The van der Waals surface area contributed by atoms with Crippen molar-refractivity contribution in [2.75, 3.05) is 25.5 Å². The summed E-state index contributed by atoms with van der Waals surface area (Å²) in [7, 11) is 1.41. The SMILES string of the molecule is CCN(CC)C(=O)C(=O)c1cn(CC(=O)Nc2cc(Oc3ccccc3OC)cc(C(F)(F)F)c2)c2ccccc12. The summed E-state index contributed by atoms with van der Waals surface area (Å²) in [5.41, 5.74) is -0.506. The Bertz CT molecular complexity index is 1590. The van der Waals surface area contributed by atoms with Crippen molar-refractivity contribution in [2.24, 2.45) is 0 Å². The quantitative estimate of drug-likeness (QED) is 0.183. The molecule has 0 radical (unpaired) electrons. The third-order valence-electron chi connectivity index (χ3n) is 6.41. The van der Waals surface area contributed by atoms with Crippen molar-refractivity contribution in [1.82, 2.24) is 9.47 Å². The number of nitrogens with one attached hydrogen (secondary N) is 1. The van der Waals surface area contributed by atoms with Crippen molar-refractivity contribution >= 4 is 34.2 Å². The number of Topliss-reactive ketones (excluding diaryl/α,β-unsaturated/α-hetero) is 1. The first kappa shape index (κ1) is 29.2. The molecule has 1 heterocycles. The van der Waals surface area contributed by atoms with E-state index in [0.717, 1.165) is 12.1 Å². The summed E-state index contributed by atoms with van der Waals surface area (Å²) in [6, 6.07) is 16.1. The molecule has 0 spiro atoms. The highest BCUT2D eigenvalue weighted by Crippen LogP contribution is 2.37. The first-order valence-corrected chi connectivity index (χ1v) is 12.8. The molecule has 8 nitrogen and oxygen atoms in total. The predicted octanol–water partition coefficient (Wildman–Crippen LogP) is 6.15. The van der Waals surface area contributed by atoms with Crippen LogP contribution in [0.25, 0.3) is 10.9 Å². The minimum atomic E-state index is -4.71. The van der Waals surface area contributed by atoms with Crippen LogP contribution >= 0.6 is 0 Å². The number of fused-ring (bicyclic) bond motifs is 1. The fourth-order valence-electron chi connectivity index (χ4n) is 4.41. The van der Waals surface area contributed by atoms with Gasteiger partial charge in [0.1, 0.15) is 12.3 Å². The van der Waals surface area contributed by atoms with E-state index >= 15 is 0 Å². The van der Waals surface area contributed by atoms with Crippen molar-refractivity contribution in [3.05, 3.63) is 84.1 Å². The Morgan fingerprint density at radius 3 is 2.24 bits per heavy atom. The number of ketones is 1. The van der Waals surface area contributed by atoms with Gasteiger partial charge in [0.25, 0.3) is 11.7 Å². The second kappa shape index (κ2) is 12.2. The topological polar surface area (TPSA) is 89.9 Å². The molecule has 1 N–H and O–H groups in total. The standard InChI is InChI=1S/C30H28F3N3O5/c1-4-35(5-2)29(39)28(38)23-17-36(24-11-7-6-10-22(23)24)18-27(37)34-20-14-19(30(31,32)33)15-21(16-20)41-26-13-9-8-12-25(26)40-3/h6-17H,4-5,18H2,1-3H3,(H,34,37). The van der Waals surface area contributed by atoms with Crippen molar-refractivity contribution in [3.63, 3.8) is 0 Å². The van der Waals surface area contributed by atoms with Gasteiger partial charge in [0.2, 0.25) is 5.91 Å². The van der Waals surface area contributed by atoms with Gasteiger partial charge in [-0.1, -0.05) is 30.3 Å².